The fourth-order valence-corrected chi connectivity index (χ4v) is 0.584. The first-order chi connectivity index (χ1) is 4.98. The lowest BCUT2D eigenvalue weighted by atomic mass is 9.81. The van der Waals surface area contributed by atoms with Gasteiger partial charge in [0, 0.05) is 0 Å². The van der Waals surface area contributed by atoms with Crippen molar-refractivity contribution in [2.75, 3.05) is 0 Å². The summed E-state index contributed by atoms with van der Waals surface area (Å²) >= 11 is 0. The maximum Gasteiger partial charge on any atom is 0.544 e. The summed E-state index contributed by atoms with van der Waals surface area (Å²) in [4.78, 5) is 10.2. The van der Waals surface area contributed by atoms with Crippen molar-refractivity contribution in [3.05, 3.63) is 12.7 Å². The predicted octanol–water partition coefficient (Wildman–Crippen LogP) is 2.30. The topological polar surface area (TPSA) is 17.1 Å². The smallest absolute Gasteiger partial charge is 0.443 e. The lowest BCUT2D eigenvalue weighted by Gasteiger charge is -2.11. The van der Waals surface area contributed by atoms with Crippen molar-refractivity contribution in [2.45, 2.75) is 19.3 Å². The number of hydrogen-bond donors (Lipinski definition) is 0. The van der Waals surface area contributed by atoms with E-state index in [9.17, 15) is 17.7 Å². The van der Waals surface area contributed by atoms with Crippen LogP contribution in [0.25, 0.3) is 0 Å². The molecule has 0 N–H and O–H groups in total. The second kappa shape index (κ2) is 4.21. The first-order valence-corrected chi connectivity index (χ1v) is 3.32. The molecule has 0 aliphatic carbocycles. The molecule has 11 heavy (non-hydrogen) atoms. The fraction of sp³-hybridized carbons (Fsp3) is 0.500. The number of unbranched alkanes of at least 4 members (excludes halogenated alkanes) is 1. The molecule has 0 spiro atoms. The molecule has 0 atom stereocenters. The SMILES string of the molecule is C=CCCCC(=O)[B-](F)(F)F. The third-order valence-electron chi connectivity index (χ3n) is 1.20. The highest BCUT2D eigenvalue weighted by atomic mass is 19.4. The van der Waals surface area contributed by atoms with E-state index in [1.165, 1.54) is 6.08 Å². The van der Waals surface area contributed by atoms with Gasteiger partial charge in [0.05, 0.1) is 5.68 Å². The van der Waals surface area contributed by atoms with Gasteiger partial charge in [0.1, 0.15) is 0 Å². The summed E-state index contributed by atoms with van der Waals surface area (Å²) in [7, 11) is 0. The number of allylic oxidation sites excluding steroid dienone is 1. The summed E-state index contributed by atoms with van der Waals surface area (Å²) in [6.07, 6.45) is 1.79. The Morgan fingerprint density at radius 2 is 2.00 bits per heavy atom. The van der Waals surface area contributed by atoms with E-state index in [4.69, 9.17) is 0 Å². The first kappa shape index (κ1) is 10.3. The van der Waals surface area contributed by atoms with Gasteiger partial charge in [-0.1, -0.05) is 6.08 Å². The Labute approximate surface area is 63.3 Å². The van der Waals surface area contributed by atoms with Gasteiger partial charge in [-0.15, -0.1) is 6.58 Å². The van der Waals surface area contributed by atoms with Gasteiger partial charge >= 0.3 is 6.98 Å². The lowest BCUT2D eigenvalue weighted by molar-refractivity contribution is -0.115. The molecule has 64 valence electrons. The predicted molar refractivity (Wildman–Crippen MR) is 38.1 cm³/mol. The molecule has 0 aromatic carbocycles. The van der Waals surface area contributed by atoms with Gasteiger partial charge in [0.25, 0.3) is 0 Å². The third-order valence-corrected chi connectivity index (χ3v) is 1.20. The molecule has 0 aliphatic rings. The first-order valence-electron chi connectivity index (χ1n) is 3.32. The van der Waals surface area contributed by atoms with Gasteiger partial charge in [0.15, 0.2) is 0 Å². The average molecular weight is 165 g/mol. The van der Waals surface area contributed by atoms with Crippen molar-refractivity contribution in [3.8, 4) is 0 Å². The molecule has 0 fully saturated rings. The van der Waals surface area contributed by atoms with E-state index in [1.807, 2.05) is 0 Å². The number of rotatable bonds is 5. The van der Waals surface area contributed by atoms with Crippen molar-refractivity contribution in [1.29, 1.82) is 0 Å². The quantitative estimate of drug-likeness (QED) is 0.347. The molecular formula is C6H9BF3O-. The molecule has 0 saturated carbocycles. The highest BCUT2D eigenvalue weighted by molar-refractivity contribution is 6.90. The van der Waals surface area contributed by atoms with Crippen LogP contribution in [0.2, 0.25) is 0 Å². The molecule has 0 unspecified atom stereocenters. The molecule has 1 nitrogen and oxygen atoms in total. The maximum absolute atomic E-state index is 11.6. The van der Waals surface area contributed by atoms with Gasteiger partial charge in [-0.2, -0.15) is 0 Å². The number of halogens is 3. The Balaban J connectivity index is 3.62. The van der Waals surface area contributed by atoms with Crippen LogP contribution < -0.4 is 0 Å². The van der Waals surface area contributed by atoms with Crippen LogP contribution in [0.1, 0.15) is 19.3 Å². The molecule has 0 aliphatic heterocycles. The van der Waals surface area contributed by atoms with E-state index in [-0.39, 0.29) is 6.42 Å². The molecule has 0 rings (SSSR count). The molecule has 0 heterocycles. The van der Waals surface area contributed by atoms with E-state index in [2.05, 4.69) is 6.58 Å². The van der Waals surface area contributed by atoms with E-state index in [0.29, 0.717) is 6.42 Å². The third kappa shape index (κ3) is 4.64. The summed E-state index contributed by atoms with van der Waals surface area (Å²) in [5.41, 5.74) is -1.59. The van der Waals surface area contributed by atoms with Crippen LogP contribution in [0.15, 0.2) is 12.7 Å². The number of carbonyl (C=O) groups is 1. The highest BCUT2D eigenvalue weighted by Gasteiger charge is 2.31. The van der Waals surface area contributed by atoms with Crippen LogP contribution in [0.4, 0.5) is 12.9 Å². The summed E-state index contributed by atoms with van der Waals surface area (Å²) in [6, 6.07) is 0. The summed E-state index contributed by atoms with van der Waals surface area (Å²) in [5, 5.41) is 0. The summed E-state index contributed by atoms with van der Waals surface area (Å²) in [5.74, 6) is 0. The van der Waals surface area contributed by atoms with Gasteiger partial charge in [-0.3, -0.25) is 0 Å². The minimum atomic E-state index is -5.26. The monoisotopic (exact) mass is 165 g/mol. The van der Waals surface area contributed by atoms with Crippen LogP contribution in [0.3, 0.4) is 0 Å². The molecule has 0 saturated heterocycles. The Kier molecular flexibility index (Phi) is 3.93. The molecule has 0 aromatic rings. The second-order valence-corrected chi connectivity index (χ2v) is 2.22. The van der Waals surface area contributed by atoms with E-state index in [1.54, 1.807) is 0 Å². The van der Waals surface area contributed by atoms with Gasteiger partial charge < -0.3 is 17.7 Å². The second-order valence-electron chi connectivity index (χ2n) is 2.22. The van der Waals surface area contributed by atoms with Crippen molar-refractivity contribution in [1.82, 2.24) is 0 Å². The zero-order chi connectivity index (χ0) is 8.91. The van der Waals surface area contributed by atoms with E-state index >= 15 is 0 Å². The zero-order valence-electron chi connectivity index (χ0n) is 6.03. The summed E-state index contributed by atoms with van der Waals surface area (Å²) < 4.78 is 34.7. The zero-order valence-corrected chi connectivity index (χ0v) is 6.03. The van der Waals surface area contributed by atoms with Crippen molar-refractivity contribution in [3.63, 3.8) is 0 Å². The molecule has 0 aromatic heterocycles. The normalized spacial score (nSPS) is 11.2. The van der Waals surface area contributed by atoms with Crippen LogP contribution in [0, 0.1) is 0 Å². The molecule has 0 amide bonds. The standard InChI is InChI=1S/C6H9BF3O/c1-2-3-4-5-6(11)7(8,9)10/h2H,1,3-5H2/q-1. The van der Waals surface area contributed by atoms with Crippen LogP contribution in [0.5, 0.6) is 0 Å². The van der Waals surface area contributed by atoms with Crippen molar-refractivity contribution in [2.24, 2.45) is 0 Å². The maximum atomic E-state index is 11.6. The minimum Gasteiger partial charge on any atom is -0.443 e. The highest BCUT2D eigenvalue weighted by Crippen LogP contribution is 2.13. The largest absolute Gasteiger partial charge is 0.544 e. The molecule has 0 radical (unpaired) electrons. The Hall–Kier alpha value is -0.735. The minimum absolute atomic E-state index is 0.240. The average Bonchev–Trinajstić information content (AvgIpc) is 1.86. The molecule has 0 bridgehead atoms. The molecule has 5 heteroatoms. The van der Waals surface area contributed by atoms with Crippen molar-refractivity contribution < 1.29 is 17.7 Å². The number of carbonyl (C=O) groups excluding carboxylic acids is 1. The Morgan fingerprint density at radius 3 is 2.36 bits per heavy atom. The molecular weight excluding hydrogens is 156 g/mol. The van der Waals surface area contributed by atoms with E-state index in [0.717, 1.165) is 0 Å². The van der Waals surface area contributed by atoms with Crippen LogP contribution in [-0.4, -0.2) is 12.7 Å². The van der Waals surface area contributed by atoms with Gasteiger partial charge in [0.2, 0.25) is 0 Å². The fourth-order valence-electron chi connectivity index (χ4n) is 0.584. The summed E-state index contributed by atoms with van der Waals surface area (Å²) in [6.45, 7) is -1.93. The van der Waals surface area contributed by atoms with Crippen LogP contribution in [-0.2, 0) is 4.79 Å². The van der Waals surface area contributed by atoms with Crippen molar-refractivity contribution >= 4 is 12.7 Å². The van der Waals surface area contributed by atoms with E-state index < -0.39 is 19.1 Å². The lowest BCUT2D eigenvalue weighted by Crippen LogP contribution is -2.29. The van der Waals surface area contributed by atoms with Gasteiger partial charge in [-0.05, 0) is 19.3 Å². The Bertz CT molecular complexity index is 152. The van der Waals surface area contributed by atoms with Gasteiger partial charge in [-0.25, -0.2) is 0 Å². The van der Waals surface area contributed by atoms with Crippen LogP contribution >= 0.6 is 0 Å². The Morgan fingerprint density at radius 1 is 1.45 bits per heavy atom. The number of hydrogen-bond acceptors (Lipinski definition) is 1.